The molecule has 0 aromatic heterocycles. The molecule has 1 fully saturated rings. The number of nitrogens with two attached hydrogens (primary N) is 1. The van der Waals surface area contributed by atoms with Crippen molar-refractivity contribution in [1.82, 2.24) is 0 Å². The van der Waals surface area contributed by atoms with Crippen LogP contribution in [-0.4, -0.2) is 18.0 Å². The first-order valence-electron chi connectivity index (χ1n) is 7.47. The molecule has 1 saturated carbocycles. The van der Waals surface area contributed by atoms with Gasteiger partial charge in [-0.2, -0.15) is 0 Å². The molecule has 2 rings (SSSR count). The third-order valence-corrected chi connectivity index (χ3v) is 4.49. The number of nitrogens with one attached hydrogen (secondary N) is 1. The zero-order valence-corrected chi connectivity index (χ0v) is 13.0. The summed E-state index contributed by atoms with van der Waals surface area (Å²) in [5, 5.41) is 5.86. The van der Waals surface area contributed by atoms with E-state index in [1.165, 1.54) is 25.7 Å². The molecule has 3 N–H and O–H groups in total. The zero-order chi connectivity index (χ0) is 14.5. The molecule has 4 heteroatoms. The van der Waals surface area contributed by atoms with E-state index < -0.39 is 0 Å². The Bertz CT molecular complexity index is 446. The maximum Gasteiger partial charge on any atom is 0.282 e. The molecule has 1 aliphatic rings. The molecule has 0 radical (unpaired) electrons. The fourth-order valence-electron chi connectivity index (χ4n) is 2.88. The lowest BCUT2D eigenvalue weighted by Gasteiger charge is -2.28. The number of benzene rings is 1. The van der Waals surface area contributed by atoms with Gasteiger partial charge in [-0.25, -0.2) is 0 Å². The van der Waals surface area contributed by atoms with Crippen LogP contribution in [0.3, 0.4) is 0 Å². The van der Waals surface area contributed by atoms with E-state index in [0.29, 0.717) is 17.0 Å². The SMILES string of the molecule is C[C@H]([NH2+][C@H]1CCCC[C@H]1C)C(=O)Nc1ccc(Cl)cc1. The number of carbonyl (C=O) groups excluding carboxylic acids is 1. The first-order chi connectivity index (χ1) is 9.56. The van der Waals surface area contributed by atoms with E-state index in [4.69, 9.17) is 11.6 Å². The molecule has 110 valence electrons. The lowest BCUT2D eigenvalue weighted by molar-refractivity contribution is -0.714. The monoisotopic (exact) mass is 295 g/mol. The number of quaternary nitrogens is 1. The lowest BCUT2D eigenvalue weighted by atomic mass is 9.85. The Morgan fingerprint density at radius 1 is 1.30 bits per heavy atom. The van der Waals surface area contributed by atoms with Crippen molar-refractivity contribution in [2.75, 3.05) is 5.32 Å². The predicted octanol–water partition coefficient (Wildman–Crippen LogP) is 2.81. The number of carbonyl (C=O) groups is 1. The van der Waals surface area contributed by atoms with Crippen LogP contribution in [-0.2, 0) is 4.79 Å². The van der Waals surface area contributed by atoms with Crippen LogP contribution < -0.4 is 10.6 Å². The minimum atomic E-state index is -0.0590. The second-order valence-corrected chi connectivity index (χ2v) is 6.34. The highest BCUT2D eigenvalue weighted by molar-refractivity contribution is 6.30. The van der Waals surface area contributed by atoms with E-state index >= 15 is 0 Å². The molecule has 0 unspecified atom stereocenters. The van der Waals surface area contributed by atoms with Crippen molar-refractivity contribution < 1.29 is 10.1 Å². The van der Waals surface area contributed by atoms with Gasteiger partial charge in [0.2, 0.25) is 0 Å². The third kappa shape index (κ3) is 4.22. The van der Waals surface area contributed by atoms with Crippen molar-refractivity contribution in [3.05, 3.63) is 29.3 Å². The summed E-state index contributed by atoms with van der Waals surface area (Å²) in [6, 6.07) is 7.75. The maximum absolute atomic E-state index is 12.2. The van der Waals surface area contributed by atoms with Crippen LogP contribution >= 0.6 is 11.6 Å². The summed E-state index contributed by atoms with van der Waals surface area (Å²) in [5.74, 6) is 0.764. The van der Waals surface area contributed by atoms with E-state index in [-0.39, 0.29) is 11.9 Å². The van der Waals surface area contributed by atoms with E-state index in [2.05, 4.69) is 17.6 Å². The number of halogens is 1. The van der Waals surface area contributed by atoms with Gasteiger partial charge in [-0.3, -0.25) is 4.79 Å². The van der Waals surface area contributed by atoms with Gasteiger partial charge in [0.05, 0.1) is 6.04 Å². The van der Waals surface area contributed by atoms with Crippen LogP contribution in [0.1, 0.15) is 39.5 Å². The molecule has 0 bridgehead atoms. The molecule has 0 saturated heterocycles. The number of rotatable bonds is 4. The van der Waals surface area contributed by atoms with Gasteiger partial charge in [0.1, 0.15) is 0 Å². The van der Waals surface area contributed by atoms with Crippen molar-refractivity contribution in [3.63, 3.8) is 0 Å². The van der Waals surface area contributed by atoms with Gasteiger partial charge < -0.3 is 10.6 Å². The molecule has 20 heavy (non-hydrogen) atoms. The van der Waals surface area contributed by atoms with Crippen molar-refractivity contribution in [1.29, 1.82) is 0 Å². The molecule has 1 aromatic rings. The molecule has 0 heterocycles. The Kier molecular flexibility index (Phi) is 5.44. The topological polar surface area (TPSA) is 45.7 Å². The Balaban J connectivity index is 1.86. The van der Waals surface area contributed by atoms with Gasteiger partial charge in [-0.15, -0.1) is 0 Å². The number of anilines is 1. The highest BCUT2D eigenvalue weighted by atomic mass is 35.5. The molecule has 1 amide bonds. The van der Waals surface area contributed by atoms with E-state index in [1.54, 1.807) is 12.1 Å². The van der Waals surface area contributed by atoms with Gasteiger partial charge in [0.25, 0.3) is 5.91 Å². The Morgan fingerprint density at radius 3 is 2.60 bits per heavy atom. The van der Waals surface area contributed by atoms with Gasteiger partial charge in [0.15, 0.2) is 6.04 Å². The normalized spacial score (nSPS) is 24.1. The molecule has 1 aromatic carbocycles. The predicted molar refractivity (Wildman–Crippen MR) is 82.9 cm³/mol. The summed E-state index contributed by atoms with van der Waals surface area (Å²) < 4.78 is 0. The number of amides is 1. The van der Waals surface area contributed by atoms with Crippen LogP contribution in [0.5, 0.6) is 0 Å². The van der Waals surface area contributed by atoms with Gasteiger partial charge in [0, 0.05) is 16.6 Å². The van der Waals surface area contributed by atoms with Crippen LogP contribution in [0.2, 0.25) is 5.02 Å². The van der Waals surface area contributed by atoms with E-state index in [1.807, 2.05) is 19.1 Å². The Labute approximate surface area is 126 Å². The zero-order valence-electron chi connectivity index (χ0n) is 12.2. The molecule has 1 aliphatic carbocycles. The van der Waals surface area contributed by atoms with E-state index in [0.717, 1.165) is 5.69 Å². The van der Waals surface area contributed by atoms with Crippen molar-refractivity contribution in [2.24, 2.45) is 5.92 Å². The fourth-order valence-corrected chi connectivity index (χ4v) is 3.00. The van der Waals surface area contributed by atoms with Crippen LogP contribution in [0.25, 0.3) is 0 Å². The molecular formula is C16H24ClN2O+. The van der Waals surface area contributed by atoms with Crippen LogP contribution in [0.4, 0.5) is 5.69 Å². The molecular weight excluding hydrogens is 272 g/mol. The minimum absolute atomic E-state index is 0.0590. The molecule has 0 spiro atoms. The summed E-state index contributed by atoms with van der Waals surface area (Å²) in [4.78, 5) is 12.2. The quantitative estimate of drug-likeness (QED) is 0.881. The van der Waals surface area contributed by atoms with Crippen molar-refractivity contribution in [3.8, 4) is 0 Å². The van der Waals surface area contributed by atoms with Crippen molar-refractivity contribution in [2.45, 2.75) is 51.6 Å². The van der Waals surface area contributed by atoms with Gasteiger partial charge in [-0.05, 0) is 50.5 Å². The molecule has 0 aliphatic heterocycles. The number of hydrogen-bond donors (Lipinski definition) is 2. The van der Waals surface area contributed by atoms with Gasteiger partial charge in [-0.1, -0.05) is 24.9 Å². The summed E-state index contributed by atoms with van der Waals surface area (Å²) in [7, 11) is 0. The molecule has 3 atom stereocenters. The minimum Gasteiger partial charge on any atom is -0.334 e. The maximum atomic E-state index is 12.2. The van der Waals surface area contributed by atoms with Gasteiger partial charge >= 0.3 is 0 Å². The summed E-state index contributed by atoms with van der Waals surface area (Å²) >= 11 is 5.84. The van der Waals surface area contributed by atoms with Crippen LogP contribution in [0, 0.1) is 5.92 Å². The Hall–Kier alpha value is -1.06. The third-order valence-electron chi connectivity index (χ3n) is 4.24. The number of hydrogen-bond acceptors (Lipinski definition) is 1. The first-order valence-corrected chi connectivity index (χ1v) is 7.85. The lowest BCUT2D eigenvalue weighted by Crippen LogP contribution is -2.97. The summed E-state index contributed by atoms with van der Waals surface area (Å²) in [6.07, 6.45) is 5.13. The second-order valence-electron chi connectivity index (χ2n) is 5.90. The highest BCUT2D eigenvalue weighted by Gasteiger charge is 2.28. The van der Waals surface area contributed by atoms with Crippen molar-refractivity contribution >= 4 is 23.2 Å². The summed E-state index contributed by atoms with van der Waals surface area (Å²) in [5.41, 5.74) is 0.802. The highest BCUT2D eigenvalue weighted by Crippen LogP contribution is 2.21. The van der Waals surface area contributed by atoms with Crippen LogP contribution in [0.15, 0.2) is 24.3 Å². The second kappa shape index (κ2) is 7.09. The average Bonchev–Trinajstić information content (AvgIpc) is 2.44. The smallest absolute Gasteiger partial charge is 0.282 e. The Morgan fingerprint density at radius 2 is 1.95 bits per heavy atom. The average molecular weight is 296 g/mol. The first kappa shape index (κ1) is 15.3. The fraction of sp³-hybridized carbons (Fsp3) is 0.562. The summed E-state index contributed by atoms with van der Waals surface area (Å²) in [6.45, 7) is 4.27. The largest absolute Gasteiger partial charge is 0.334 e. The standard InChI is InChI=1S/C16H23ClN2O/c1-11-5-3-4-6-15(11)18-12(2)16(20)19-14-9-7-13(17)8-10-14/h7-12,15,18H,3-6H2,1-2H3,(H,19,20)/p+1/t11-,12+,15+/m1/s1. The van der Waals surface area contributed by atoms with E-state index in [9.17, 15) is 4.79 Å². The molecule has 3 nitrogen and oxygen atoms in total.